The Morgan fingerprint density at radius 2 is 1.17 bits per heavy atom. The van der Waals surface area contributed by atoms with Crippen LogP contribution in [0.25, 0.3) is 0 Å². The summed E-state index contributed by atoms with van der Waals surface area (Å²) in [6.07, 6.45) is -0.359. The van der Waals surface area contributed by atoms with Crippen molar-refractivity contribution in [1.82, 2.24) is 16.0 Å². The van der Waals surface area contributed by atoms with Crippen LogP contribution in [0.3, 0.4) is 0 Å². The first-order valence-electron chi connectivity index (χ1n) is 18.1. The molecule has 1 unspecified atom stereocenters. The molecule has 0 aliphatic rings. The highest BCUT2D eigenvalue weighted by Gasteiger charge is 2.51. The second-order valence-corrected chi connectivity index (χ2v) is 13.9. The molecule has 0 bridgehead atoms. The van der Waals surface area contributed by atoms with E-state index in [0.29, 0.717) is 30.8 Å². The maximum absolute atomic E-state index is 15.9. The Labute approximate surface area is 315 Å². The number of alkyl halides is 2. The smallest absolute Gasteiger partial charge is 0.408 e. The van der Waals surface area contributed by atoms with Crippen molar-refractivity contribution in [3.63, 3.8) is 0 Å². The third-order valence-corrected chi connectivity index (χ3v) is 8.98. The summed E-state index contributed by atoms with van der Waals surface area (Å²) in [7, 11) is 0. The molecule has 3 atom stereocenters. The number of carbonyl (C=O) groups is 4. The van der Waals surface area contributed by atoms with E-state index in [4.69, 9.17) is 9.47 Å². The van der Waals surface area contributed by atoms with Crippen LogP contribution < -0.4 is 20.7 Å². The summed E-state index contributed by atoms with van der Waals surface area (Å²) in [5.41, 5.74) is 3.08. The van der Waals surface area contributed by atoms with Gasteiger partial charge in [0.15, 0.2) is 0 Å². The Morgan fingerprint density at radius 1 is 0.630 bits per heavy atom. The van der Waals surface area contributed by atoms with E-state index >= 15 is 8.78 Å². The molecular formula is C43H49F2N3O6. The first-order valence-corrected chi connectivity index (χ1v) is 18.1. The van der Waals surface area contributed by atoms with Gasteiger partial charge in [-0.25, -0.2) is 4.79 Å². The van der Waals surface area contributed by atoms with Crippen LogP contribution in [0, 0.1) is 11.8 Å². The molecular weight excluding hydrogens is 692 g/mol. The van der Waals surface area contributed by atoms with Gasteiger partial charge in [-0.1, -0.05) is 131 Å². The predicted octanol–water partition coefficient (Wildman–Crippen LogP) is 7.22. The van der Waals surface area contributed by atoms with Crippen molar-refractivity contribution in [3.05, 3.63) is 138 Å². The Hall–Kier alpha value is -5.58. The number of benzene rings is 4. The SMILES string of the molecule is CC(C)[C@H](CCc1ccccc1)NC(=O)C(F)(F)C(=O)C(Cc1ccc(OCc2ccccc2)cc1)NC(=O)[C@@H](NC(=O)OCc1ccccc1)C(C)C. The van der Waals surface area contributed by atoms with Gasteiger partial charge in [-0.3, -0.25) is 14.4 Å². The molecule has 0 spiro atoms. The van der Waals surface area contributed by atoms with E-state index in [0.717, 1.165) is 16.7 Å². The molecule has 0 radical (unpaired) electrons. The quantitative estimate of drug-likeness (QED) is 0.0873. The Bertz CT molecular complexity index is 1790. The minimum Gasteiger partial charge on any atom is -0.489 e. The molecule has 11 heteroatoms. The first kappa shape index (κ1) is 41.2. The van der Waals surface area contributed by atoms with Crippen molar-refractivity contribution in [1.29, 1.82) is 0 Å². The van der Waals surface area contributed by atoms with E-state index in [1.54, 1.807) is 76.2 Å². The largest absolute Gasteiger partial charge is 0.489 e. The lowest BCUT2D eigenvalue weighted by Crippen LogP contribution is -2.60. The first-order chi connectivity index (χ1) is 25.8. The van der Waals surface area contributed by atoms with E-state index in [-0.39, 0.29) is 18.9 Å². The summed E-state index contributed by atoms with van der Waals surface area (Å²) in [6, 6.07) is 30.6. The number of carbonyl (C=O) groups excluding carboxylic acids is 4. The van der Waals surface area contributed by atoms with Crippen molar-refractivity contribution < 1.29 is 37.4 Å². The maximum Gasteiger partial charge on any atom is 0.408 e. The molecule has 3 N–H and O–H groups in total. The number of alkyl carbamates (subject to hydrolysis) is 1. The van der Waals surface area contributed by atoms with Crippen LogP contribution in [-0.4, -0.2) is 47.7 Å². The molecule has 4 rings (SSSR count). The summed E-state index contributed by atoms with van der Waals surface area (Å²) in [6.45, 7) is 7.15. The molecule has 0 saturated carbocycles. The fourth-order valence-corrected chi connectivity index (χ4v) is 5.72. The van der Waals surface area contributed by atoms with Crippen molar-refractivity contribution in [2.24, 2.45) is 11.8 Å². The standard InChI is InChI=1S/C43H49F2N3O6/c1-29(2)36(25-22-31-14-8-5-9-15-31)47-41(51)43(44,45)39(49)37(26-32-20-23-35(24-21-32)53-27-33-16-10-6-11-17-33)46-40(50)38(30(3)4)48-42(52)54-28-34-18-12-7-13-19-34/h5-21,23-24,29-30,36-38H,22,25-28H2,1-4H3,(H,46,50)(H,47,51)(H,48,52)/t36-,37?,38-/m0/s1. The van der Waals surface area contributed by atoms with Crippen LogP contribution in [0.2, 0.25) is 0 Å². The summed E-state index contributed by atoms with van der Waals surface area (Å²) >= 11 is 0. The number of amides is 3. The minimum atomic E-state index is -4.49. The number of ether oxygens (including phenoxy) is 2. The second kappa shape index (κ2) is 20.0. The van der Waals surface area contributed by atoms with Crippen LogP contribution in [-0.2, 0) is 45.2 Å². The van der Waals surface area contributed by atoms with Gasteiger partial charge in [0, 0.05) is 12.5 Å². The molecule has 0 aliphatic carbocycles. The van der Waals surface area contributed by atoms with Crippen molar-refractivity contribution in [2.75, 3.05) is 0 Å². The molecule has 0 saturated heterocycles. The van der Waals surface area contributed by atoms with Gasteiger partial charge >= 0.3 is 12.0 Å². The summed E-state index contributed by atoms with van der Waals surface area (Å²) in [5, 5.41) is 7.31. The fourth-order valence-electron chi connectivity index (χ4n) is 5.72. The number of Topliss-reactive ketones (excluding diaryl/α,β-unsaturated/α-hetero) is 1. The van der Waals surface area contributed by atoms with Crippen molar-refractivity contribution in [2.45, 2.75) is 84.2 Å². The van der Waals surface area contributed by atoms with Gasteiger partial charge in [0.1, 0.15) is 25.0 Å². The van der Waals surface area contributed by atoms with E-state index in [9.17, 15) is 19.2 Å². The Kier molecular flexibility index (Phi) is 15.3. The third kappa shape index (κ3) is 12.5. The average Bonchev–Trinajstić information content (AvgIpc) is 3.17. The number of aryl methyl sites for hydroxylation is 1. The predicted molar refractivity (Wildman–Crippen MR) is 203 cm³/mol. The average molecular weight is 742 g/mol. The second-order valence-electron chi connectivity index (χ2n) is 13.9. The van der Waals surface area contributed by atoms with Gasteiger partial charge in [-0.2, -0.15) is 8.78 Å². The van der Waals surface area contributed by atoms with E-state index in [1.165, 1.54) is 0 Å². The number of hydrogen-bond acceptors (Lipinski definition) is 6. The van der Waals surface area contributed by atoms with E-state index in [2.05, 4.69) is 16.0 Å². The lowest BCUT2D eigenvalue weighted by atomic mass is 9.94. The fraction of sp³-hybridized carbons (Fsp3) is 0.349. The highest BCUT2D eigenvalue weighted by atomic mass is 19.3. The van der Waals surface area contributed by atoms with Gasteiger partial charge < -0.3 is 25.4 Å². The van der Waals surface area contributed by atoms with E-state index < -0.39 is 53.7 Å². The van der Waals surface area contributed by atoms with Gasteiger partial charge in [-0.05, 0) is 59.1 Å². The normalized spacial score (nSPS) is 13.0. The molecule has 54 heavy (non-hydrogen) atoms. The maximum atomic E-state index is 15.9. The molecule has 0 aromatic heterocycles. The van der Waals surface area contributed by atoms with Gasteiger partial charge in [-0.15, -0.1) is 0 Å². The number of hydrogen-bond donors (Lipinski definition) is 3. The van der Waals surface area contributed by atoms with Crippen LogP contribution in [0.4, 0.5) is 13.6 Å². The molecule has 286 valence electrons. The summed E-state index contributed by atoms with van der Waals surface area (Å²) in [5.74, 6) is -9.13. The van der Waals surface area contributed by atoms with Crippen molar-refractivity contribution in [3.8, 4) is 5.75 Å². The summed E-state index contributed by atoms with van der Waals surface area (Å²) in [4.78, 5) is 53.3. The van der Waals surface area contributed by atoms with Gasteiger partial charge in [0.2, 0.25) is 11.7 Å². The zero-order valence-electron chi connectivity index (χ0n) is 31.1. The Morgan fingerprint density at radius 3 is 1.70 bits per heavy atom. The van der Waals surface area contributed by atoms with Crippen LogP contribution in [0.1, 0.15) is 56.4 Å². The van der Waals surface area contributed by atoms with Crippen LogP contribution in [0.15, 0.2) is 115 Å². The Balaban J connectivity index is 1.50. The van der Waals surface area contributed by atoms with Gasteiger partial charge in [0.05, 0.1) is 6.04 Å². The highest BCUT2D eigenvalue weighted by Crippen LogP contribution is 2.23. The molecule has 9 nitrogen and oxygen atoms in total. The molecule has 3 amide bonds. The van der Waals surface area contributed by atoms with Crippen LogP contribution in [0.5, 0.6) is 5.75 Å². The molecule has 4 aromatic carbocycles. The molecule has 4 aromatic rings. The highest BCUT2D eigenvalue weighted by molar-refractivity contribution is 6.10. The van der Waals surface area contributed by atoms with E-state index in [1.807, 2.05) is 66.7 Å². The lowest BCUT2D eigenvalue weighted by molar-refractivity contribution is -0.161. The van der Waals surface area contributed by atoms with Crippen molar-refractivity contribution >= 4 is 23.7 Å². The zero-order chi connectivity index (χ0) is 39.1. The number of nitrogens with one attached hydrogen (secondary N) is 3. The minimum absolute atomic E-state index is 0.0602. The molecule has 0 heterocycles. The number of ketones is 1. The van der Waals surface area contributed by atoms with Crippen LogP contribution >= 0.6 is 0 Å². The molecule has 0 fully saturated rings. The van der Waals surface area contributed by atoms with Gasteiger partial charge in [0.25, 0.3) is 5.91 Å². The number of rotatable bonds is 19. The summed E-state index contributed by atoms with van der Waals surface area (Å²) < 4.78 is 43.0. The zero-order valence-corrected chi connectivity index (χ0v) is 31.1. The third-order valence-electron chi connectivity index (χ3n) is 8.98. The molecule has 0 aliphatic heterocycles. The number of halogens is 2. The monoisotopic (exact) mass is 741 g/mol. The lowest BCUT2D eigenvalue weighted by Gasteiger charge is -2.28. The topological polar surface area (TPSA) is 123 Å².